The molecule has 1 aromatic carbocycles. The van der Waals surface area contributed by atoms with Crippen LogP contribution in [0.2, 0.25) is 0 Å². The van der Waals surface area contributed by atoms with Crippen molar-refractivity contribution < 1.29 is 27.8 Å². The van der Waals surface area contributed by atoms with E-state index in [2.05, 4.69) is 20.2 Å². The number of hydrogen-bond donors (Lipinski definition) is 2. The molecule has 146 valence electrons. The van der Waals surface area contributed by atoms with Crippen LogP contribution in [0.15, 0.2) is 18.2 Å². The third kappa shape index (κ3) is 4.83. The van der Waals surface area contributed by atoms with Crippen LogP contribution >= 0.6 is 0 Å². The van der Waals surface area contributed by atoms with Crippen LogP contribution in [-0.2, 0) is 10.9 Å². The van der Waals surface area contributed by atoms with Crippen molar-refractivity contribution in [2.45, 2.75) is 12.6 Å². The minimum absolute atomic E-state index is 0.0163. The van der Waals surface area contributed by atoms with Crippen LogP contribution in [0.25, 0.3) is 10.9 Å². The van der Waals surface area contributed by atoms with Crippen molar-refractivity contribution >= 4 is 22.7 Å². The van der Waals surface area contributed by atoms with Gasteiger partial charge in [-0.15, -0.1) is 0 Å². The second-order valence-corrected chi connectivity index (χ2v) is 6.17. The van der Waals surface area contributed by atoms with E-state index in [1.807, 2.05) is 0 Å². The van der Waals surface area contributed by atoms with Gasteiger partial charge >= 0.3 is 12.1 Å². The number of carboxylic acids is 1. The minimum atomic E-state index is -4.69. The largest absolute Gasteiger partial charge is 0.478 e. The monoisotopic (exact) mass is 384 g/mol. The lowest BCUT2D eigenvalue weighted by Crippen LogP contribution is -2.37. The Kier molecular flexibility index (Phi) is 5.76. The molecular formula is C17H19F3N4O3. The summed E-state index contributed by atoms with van der Waals surface area (Å²) in [6.45, 7) is 4.20. The van der Waals surface area contributed by atoms with E-state index in [0.29, 0.717) is 26.2 Å². The molecular weight excluding hydrogens is 365 g/mol. The fourth-order valence-corrected chi connectivity index (χ4v) is 2.86. The molecule has 0 spiro atoms. The highest BCUT2D eigenvalue weighted by molar-refractivity contribution is 5.97. The topological polar surface area (TPSA) is 87.6 Å². The molecule has 1 aliphatic rings. The van der Waals surface area contributed by atoms with Crippen LogP contribution in [-0.4, -0.2) is 65.3 Å². The molecule has 1 aliphatic heterocycles. The molecule has 0 unspecified atom stereocenters. The summed E-state index contributed by atoms with van der Waals surface area (Å²) in [6, 6.07) is 3.76. The Balaban J connectivity index is 1.79. The number of anilines is 1. The summed E-state index contributed by atoms with van der Waals surface area (Å²) in [5.74, 6) is -2.44. The first-order valence-corrected chi connectivity index (χ1v) is 8.51. The molecule has 0 amide bonds. The van der Waals surface area contributed by atoms with Crippen molar-refractivity contribution in [1.29, 1.82) is 0 Å². The Labute approximate surface area is 153 Å². The lowest BCUT2D eigenvalue weighted by Gasteiger charge is -2.26. The maximum Gasteiger partial charge on any atom is 0.451 e. The molecule has 10 heteroatoms. The van der Waals surface area contributed by atoms with Crippen LogP contribution in [0.1, 0.15) is 22.6 Å². The van der Waals surface area contributed by atoms with Gasteiger partial charge in [0.2, 0.25) is 5.82 Å². The van der Waals surface area contributed by atoms with Crippen molar-refractivity contribution in [3.05, 3.63) is 29.6 Å². The molecule has 2 aromatic rings. The van der Waals surface area contributed by atoms with Gasteiger partial charge in [-0.25, -0.2) is 14.8 Å². The average molecular weight is 384 g/mol. The van der Waals surface area contributed by atoms with E-state index >= 15 is 0 Å². The molecule has 1 aromatic heterocycles. The number of hydrogen-bond acceptors (Lipinski definition) is 6. The van der Waals surface area contributed by atoms with E-state index < -0.39 is 18.0 Å². The van der Waals surface area contributed by atoms with Crippen LogP contribution in [0.5, 0.6) is 0 Å². The third-order valence-electron chi connectivity index (χ3n) is 4.24. The normalized spacial score (nSPS) is 15.8. The van der Waals surface area contributed by atoms with E-state index in [1.54, 1.807) is 0 Å². The smallest absolute Gasteiger partial charge is 0.451 e. The summed E-state index contributed by atoms with van der Waals surface area (Å²) in [7, 11) is 0. The van der Waals surface area contributed by atoms with Crippen LogP contribution < -0.4 is 5.32 Å². The van der Waals surface area contributed by atoms with Gasteiger partial charge in [-0.05, 0) is 31.2 Å². The number of benzene rings is 1. The number of alkyl halides is 3. The van der Waals surface area contributed by atoms with Gasteiger partial charge in [0.1, 0.15) is 5.82 Å². The second kappa shape index (κ2) is 8.05. The number of carbonyl (C=O) groups is 1. The summed E-state index contributed by atoms with van der Waals surface area (Å²) >= 11 is 0. The highest BCUT2D eigenvalue weighted by Crippen LogP contribution is 2.30. The molecule has 0 saturated carbocycles. The predicted molar refractivity (Wildman–Crippen MR) is 91.9 cm³/mol. The van der Waals surface area contributed by atoms with E-state index in [0.717, 1.165) is 19.6 Å². The van der Waals surface area contributed by atoms with Gasteiger partial charge in [0.15, 0.2) is 0 Å². The van der Waals surface area contributed by atoms with Gasteiger partial charge in [0, 0.05) is 25.0 Å². The average Bonchev–Trinajstić information content (AvgIpc) is 2.64. The van der Waals surface area contributed by atoms with Crippen LogP contribution in [0.4, 0.5) is 19.0 Å². The highest BCUT2D eigenvalue weighted by Gasteiger charge is 2.35. The van der Waals surface area contributed by atoms with Gasteiger partial charge in [-0.1, -0.05) is 0 Å². The minimum Gasteiger partial charge on any atom is -0.478 e. The van der Waals surface area contributed by atoms with Gasteiger partial charge in [0.05, 0.1) is 24.3 Å². The number of aromatic carboxylic acids is 1. The number of morpholine rings is 1. The Morgan fingerprint density at radius 3 is 2.67 bits per heavy atom. The number of ether oxygens (including phenoxy) is 1. The summed E-state index contributed by atoms with van der Waals surface area (Å²) in [5, 5.41) is 12.3. The van der Waals surface area contributed by atoms with Gasteiger partial charge in [-0.3, -0.25) is 4.90 Å². The fraction of sp³-hybridized carbons (Fsp3) is 0.471. The maximum atomic E-state index is 13.1. The Hall–Kier alpha value is -2.46. The standard InChI is InChI=1S/C17H19F3N4O3/c18-17(19,20)16-22-13-3-2-11(15(25)26)10-12(13)14(23-16)21-4-1-5-24-6-8-27-9-7-24/h2-3,10H,1,4-9H2,(H,25,26)(H,21,22,23). The van der Waals surface area contributed by atoms with Crippen molar-refractivity contribution in [2.24, 2.45) is 0 Å². The van der Waals surface area contributed by atoms with Crippen LogP contribution in [0.3, 0.4) is 0 Å². The van der Waals surface area contributed by atoms with E-state index in [1.165, 1.54) is 18.2 Å². The van der Waals surface area contributed by atoms with Crippen molar-refractivity contribution in [2.75, 3.05) is 44.7 Å². The predicted octanol–water partition coefficient (Wildman–Crippen LogP) is 2.48. The molecule has 1 saturated heterocycles. The zero-order chi connectivity index (χ0) is 19.4. The lowest BCUT2D eigenvalue weighted by molar-refractivity contribution is -0.144. The van der Waals surface area contributed by atoms with Crippen LogP contribution in [0, 0.1) is 0 Å². The Bertz CT molecular complexity index is 823. The number of aromatic nitrogens is 2. The third-order valence-corrected chi connectivity index (χ3v) is 4.24. The number of nitrogens with zero attached hydrogens (tertiary/aromatic N) is 3. The second-order valence-electron chi connectivity index (χ2n) is 6.17. The number of nitrogens with one attached hydrogen (secondary N) is 1. The molecule has 27 heavy (non-hydrogen) atoms. The van der Waals surface area contributed by atoms with Gasteiger partial charge in [0.25, 0.3) is 0 Å². The Morgan fingerprint density at radius 2 is 2.00 bits per heavy atom. The molecule has 0 radical (unpaired) electrons. The number of halogens is 3. The molecule has 2 heterocycles. The van der Waals surface area contributed by atoms with Gasteiger partial charge < -0.3 is 15.2 Å². The van der Waals surface area contributed by atoms with E-state index in [4.69, 9.17) is 9.84 Å². The van der Waals surface area contributed by atoms with Gasteiger partial charge in [-0.2, -0.15) is 13.2 Å². The summed E-state index contributed by atoms with van der Waals surface area (Å²) in [4.78, 5) is 20.5. The number of rotatable bonds is 6. The molecule has 7 nitrogen and oxygen atoms in total. The van der Waals surface area contributed by atoms with Crippen molar-refractivity contribution in [1.82, 2.24) is 14.9 Å². The highest BCUT2D eigenvalue weighted by atomic mass is 19.4. The summed E-state index contributed by atoms with van der Waals surface area (Å²) in [5.41, 5.74) is 0.000213. The number of fused-ring (bicyclic) bond motifs is 1. The molecule has 0 aliphatic carbocycles. The molecule has 0 atom stereocenters. The van der Waals surface area contributed by atoms with Crippen molar-refractivity contribution in [3.63, 3.8) is 0 Å². The molecule has 2 N–H and O–H groups in total. The Morgan fingerprint density at radius 1 is 1.26 bits per heavy atom. The number of carboxylic acid groups (broad SMARTS) is 1. The first-order valence-electron chi connectivity index (χ1n) is 8.51. The summed E-state index contributed by atoms with van der Waals surface area (Å²) in [6.07, 6.45) is -3.99. The van der Waals surface area contributed by atoms with E-state index in [-0.39, 0.29) is 22.3 Å². The summed E-state index contributed by atoms with van der Waals surface area (Å²) < 4.78 is 44.5. The van der Waals surface area contributed by atoms with E-state index in [9.17, 15) is 18.0 Å². The lowest BCUT2D eigenvalue weighted by atomic mass is 10.1. The van der Waals surface area contributed by atoms with Crippen molar-refractivity contribution in [3.8, 4) is 0 Å². The zero-order valence-electron chi connectivity index (χ0n) is 14.4. The quantitative estimate of drug-likeness (QED) is 0.740. The zero-order valence-corrected chi connectivity index (χ0v) is 14.4. The molecule has 3 rings (SSSR count). The maximum absolute atomic E-state index is 13.1. The first kappa shape index (κ1) is 19.3. The molecule has 0 bridgehead atoms. The fourth-order valence-electron chi connectivity index (χ4n) is 2.86. The molecule has 1 fully saturated rings. The first-order chi connectivity index (χ1) is 12.8. The SMILES string of the molecule is O=C(O)c1ccc2nc(C(F)(F)F)nc(NCCCN3CCOCC3)c2c1.